The number of H-pyrrole nitrogens is 1. The maximum absolute atomic E-state index is 11.3. The summed E-state index contributed by atoms with van der Waals surface area (Å²) in [5.74, 6) is 0.996. The molecule has 5 heteroatoms. The van der Waals surface area contributed by atoms with Crippen molar-refractivity contribution in [1.29, 1.82) is 0 Å². The lowest BCUT2D eigenvalue weighted by Gasteiger charge is -2.19. The van der Waals surface area contributed by atoms with Crippen molar-refractivity contribution >= 4 is 17.6 Å². The number of rotatable bonds is 3. The summed E-state index contributed by atoms with van der Waals surface area (Å²) in [5.41, 5.74) is 7.99. The van der Waals surface area contributed by atoms with Crippen LogP contribution in [-0.4, -0.2) is 9.97 Å². The molecule has 0 saturated heterocycles. The van der Waals surface area contributed by atoms with Crippen LogP contribution in [-0.2, 0) is 11.2 Å². The van der Waals surface area contributed by atoms with Gasteiger partial charge >= 0.3 is 0 Å². The molecule has 0 bridgehead atoms. The number of nitrogens with two attached hydrogens (primary N) is 1. The Morgan fingerprint density at radius 1 is 1.08 bits per heavy atom. The smallest absolute Gasteiger partial charge is 0.253 e. The normalized spacial score (nSPS) is 10.1. The number of aromatic amines is 1. The molecule has 0 unspecified atom stereocenters. The van der Waals surface area contributed by atoms with Gasteiger partial charge < -0.3 is 10.7 Å². The van der Waals surface area contributed by atoms with Crippen molar-refractivity contribution in [2.75, 3.05) is 5.73 Å². The molecule has 2 aromatic rings. The minimum atomic E-state index is -0.219. The maximum Gasteiger partial charge on any atom is 0.253 e. The molecule has 2 rings (SSSR count). The van der Waals surface area contributed by atoms with Gasteiger partial charge in [-0.2, -0.15) is 0 Å². The van der Waals surface area contributed by atoms with Gasteiger partial charge in [0, 0.05) is 11.8 Å². The molecule has 0 radical (unpaired) electrons. The summed E-state index contributed by atoms with van der Waals surface area (Å²) in [7, 11) is 0. The fourth-order valence-electron chi connectivity index (χ4n) is 1.77. The minimum absolute atomic E-state index is 0.159. The molecule has 1 aromatic heterocycles. The molecular formula is C19H31N3OS. The zero-order valence-corrected chi connectivity index (χ0v) is 16.8. The minimum Gasteiger partial charge on any atom is -0.383 e. The van der Waals surface area contributed by atoms with Gasteiger partial charge in [0.25, 0.3) is 5.56 Å². The van der Waals surface area contributed by atoms with Crippen molar-refractivity contribution < 1.29 is 0 Å². The van der Waals surface area contributed by atoms with Crippen molar-refractivity contribution in [3.05, 3.63) is 51.8 Å². The molecule has 0 aliphatic rings. The highest BCUT2D eigenvalue weighted by Gasteiger charge is 2.12. The Bertz CT molecular complexity index is 643. The summed E-state index contributed by atoms with van der Waals surface area (Å²) in [4.78, 5) is 18.0. The fraction of sp³-hybridized carbons (Fsp3) is 0.474. The molecule has 1 heterocycles. The number of thioether (sulfide) groups is 1. The third kappa shape index (κ3) is 7.68. The molecule has 0 fully saturated rings. The Balaban J connectivity index is 0.00000123. The number of hydrogen-bond donors (Lipinski definition) is 2. The van der Waals surface area contributed by atoms with E-state index < -0.39 is 0 Å². The summed E-state index contributed by atoms with van der Waals surface area (Å²) in [6.07, 6.45) is 0. The molecule has 24 heavy (non-hydrogen) atoms. The summed E-state index contributed by atoms with van der Waals surface area (Å²) in [6.45, 7) is 14.6. The predicted octanol–water partition coefficient (Wildman–Crippen LogP) is 4.99. The molecule has 3 N–H and O–H groups in total. The van der Waals surface area contributed by atoms with Crippen molar-refractivity contribution in [2.45, 2.75) is 64.8 Å². The first-order chi connectivity index (χ1) is 11.3. The highest BCUT2D eigenvalue weighted by atomic mass is 32.2. The fourth-order valence-corrected chi connectivity index (χ4v) is 2.61. The number of hydrogen-bond acceptors (Lipinski definition) is 4. The number of nitrogen functional groups attached to an aromatic ring is 1. The van der Waals surface area contributed by atoms with E-state index in [1.807, 2.05) is 27.7 Å². The summed E-state index contributed by atoms with van der Waals surface area (Å²) in [6, 6.07) is 9.79. The number of anilines is 1. The Morgan fingerprint density at radius 2 is 1.62 bits per heavy atom. The number of aromatic nitrogens is 2. The van der Waals surface area contributed by atoms with Crippen LogP contribution in [0.15, 0.2) is 40.3 Å². The van der Waals surface area contributed by atoms with E-state index in [0.29, 0.717) is 5.16 Å². The lowest BCUT2D eigenvalue weighted by Crippen LogP contribution is -2.10. The second-order valence-corrected chi connectivity index (χ2v) is 6.68. The van der Waals surface area contributed by atoms with Gasteiger partial charge in [0.15, 0.2) is 5.16 Å². The van der Waals surface area contributed by atoms with Gasteiger partial charge in [-0.15, -0.1) is 0 Å². The molecule has 134 valence electrons. The molecule has 0 saturated carbocycles. The van der Waals surface area contributed by atoms with Crippen LogP contribution in [0.25, 0.3) is 0 Å². The molecule has 4 nitrogen and oxygen atoms in total. The van der Waals surface area contributed by atoms with Gasteiger partial charge in [0.2, 0.25) is 0 Å². The van der Waals surface area contributed by atoms with Crippen LogP contribution < -0.4 is 11.3 Å². The largest absolute Gasteiger partial charge is 0.383 e. The van der Waals surface area contributed by atoms with E-state index in [4.69, 9.17) is 5.73 Å². The first-order valence-electron chi connectivity index (χ1n) is 8.44. The van der Waals surface area contributed by atoms with E-state index >= 15 is 0 Å². The van der Waals surface area contributed by atoms with E-state index in [1.165, 1.54) is 29.0 Å². The van der Waals surface area contributed by atoms with E-state index in [0.717, 1.165) is 5.75 Å². The molecule has 1 aromatic carbocycles. The second-order valence-electron chi connectivity index (χ2n) is 5.71. The van der Waals surface area contributed by atoms with E-state index in [1.54, 1.807) is 0 Å². The summed E-state index contributed by atoms with van der Waals surface area (Å²) in [5, 5.41) is 0.551. The van der Waals surface area contributed by atoms with Crippen LogP contribution in [0, 0.1) is 0 Å². The predicted molar refractivity (Wildman–Crippen MR) is 107 cm³/mol. The molecule has 0 aliphatic heterocycles. The van der Waals surface area contributed by atoms with Gasteiger partial charge in [0.1, 0.15) is 5.82 Å². The van der Waals surface area contributed by atoms with Gasteiger partial charge in [-0.05, 0) is 16.5 Å². The second kappa shape index (κ2) is 10.9. The zero-order chi connectivity index (χ0) is 18.8. The van der Waals surface area contributed by atoms with Crippen LogP contribution in [0.2, 0.25) is 0 Å². The Morgan fingerprint density at radius 3 is 2.08 bits per heavy atom. The highest BCUT2D eigenvalue weighted by molar-refractivity contribution is 7.98. The number of nitrogens with zero attached hydrogens (tertiary/aromatic N) is 1. The molecule has 0 atom stereocenters. The summed E-state index contributed by atoms with van der Waals surface area (Å²) >= 11 is 1.47. The average molecular weight is 350 g/mol. The number of benzene rings is 1. The van der Waals surface area contributed by atoms with Gasteiger partial charge in [-0.25, -0.2) is 4.98 Å². The van der Waals surface area contributed by atoms with Crippen LogP contribution in [0.3, 0.4) is 0 Å². The molecule has 0 aliphatic carbocycles. The Labute approximate surface area is 150 Å². The first-order valence-corrected chi connectivity index (χ1v) is 9.42. The average Bonchev–Trinajstić information content (AvgIpc) is 2.55. The molecule has 0 spiro atoms. The quantitative estimate of drug-likeness (QED) is 0.604. The third-order valence-electron chi connectivity index (χ3n) is 2.94. The summed E-state index contributed by atoms with van der Waals surface area (Å²) < 4.78 is 0. The van der Waals surface area contributed by atoms with Gasteiger partial charge in [0.05, 0.1) is 0 Å². The van der Waals surface area contributed by atoms with Gasteiger partial charge in [-0.3, -0.25) is 4.79 Å². The Hall–Kier alpha value is -1.75. The highest BCUT2D eigenvalue weighted by Crippen LogP contribution is 2.24. The van der Waals surface area contributed by atoms with E-state index in [-0.39, 0.29) is 16.8 Å². The lowest BCUT2D eigenvalue weighted by atomic mass is 9.87. The van der Waals surface area contributed by atoms with E-state index in [2.05, 4.69) is 55.0 Å². The standard InChI is InChI=1S/C15H19N3OS.2C2H6/c1-15(2,3)11-6-4-10(5-7-11)9-20-14-17-12(16)8-13(19)18-14;2*1-2/h4-8H,9H2,1-3H3,(H3,16,17,18,19);2*1-2H3. The Kier molecular flexibility index (Phi) is 10.1. The van der Waals surface area contributed by atoms with Crippen molar-refractivity contribution in [3.63, 3.8) is 0 Å². The van der Waals surface area contributed by atoms with E-state index in [9.17, 15) is 4.79 Å². The van der Waals surface area contributed by atoms with Crippen LogP contribution in [0.1, 0.15) is 59.6 Å². The maximum atomic E-state index is 11.3. The monoisotopic (exact) mass is 349 g/mol. The van der Waals surface area contributed by atoms with Crippen molar-refractivity contribution in [2.24, 2.45) is 0 Å². The first kappa shape index (κ1) is 22.2. The van der Waals surface area contributed by atoms with Crippen molar-refractivity contribution in [3.8, 4) is 0 Å². The molecular weight excluding hydrogens is 318 g/mol. The topological polar surface area (TPSA) is 71.8 Å². The van der Waals surface area contributed by atoms with Gasteiger partial charge in [-0.1, -0.05) is 84.5 Å². The zero-order valence-electron chi connectivity index (χ0n) is 15.9. The molecule has 0 amide bonds. The van der Waals surface area contributed by atoms with Crippen molar-refractivity contribution in [1.82, 2.24) is 9.97 Å². The SMILES string of the molecule is CC.CC.CC(C)(C)c1ccc(CSc2nc(N)cc(=O)[nH]2)cc1. The van der Waals surface area contributed by atoms with Crippen LogP contribution >= 0.6 is 11.8 Å². The van der Waals surface area contributed by atoms with Crippen LogP contribution in [0.4, 0.5) is 5.82 Å². The van der Waals surface area contributed by atoms with Crippen LogP contribution in [0.5, 0.6) is 0 Å². The lowest BCUT2D eigenvalue weighted by molar-refractivity contribution is 0.590. The number of nitrogens with one attached hydrogen (secondary N) is 1. The third-order valence-corrected chi connectivity index (χ3v) is 3.88.